The fraction of sp³-hybridized carbons (Fsp3) is 0.667. The van der Waals surface area contributed by atoms with Gasteiger partial charge in [-0.1, -0.05) is 13.3 Å². The van der Waals surface area contributed by atoms with Crippen molar-refractivity contribution < 1.29 is 22.7 Å². The summed E-state index contributed by atoms with van der Waals surface area (Å²) in [7, 11) is -3.07. The van der Waals surface area contributed by atoms with E-state index < -0.39 is 9.84 Å². The molecule has 0 aliphatic carbocycles. The molecule has 3 rings (SSSR count). The first-order chi connectivity index (χ1) is 15.2. The minimum absolute atomic E-state index is 0.0157. The van der Waals surface area contributed by atoms with Gasteiger partial charge in [-0.05, 0) is 70.2 Å². The smallest absolute Gasteiger partial charge is 0.260 e. The van der Waals surface area contributed by atoms with Gasteiger partial charge < -0.3 is 14.5 Å². The van der Waals surface area contributed by atoms with Crippen molar-refractivity contribution in [2.75, 3.05) is 24.7 Å². The van der Waals surface area contributed by atoms with Crippen molar-refractivity contribution in [3.63, 3.8) is 0 Å². The predicted molar refractivity (Wildman–Crippen MR) is 125 cm³/mol. The summed E-state index contributed by atoms with van der Waals surface area (Å²) in [6.07, 6.45) is 5.43. The third-order valence-electron chi connectivity index (χ3n) is 6.61. The van der Waals surface area contributed by atoms with Crippen LogP contribution in [0.4, 0.5) is 0 Å². The van der Waals surface area contributed by atoms with E-state index in [1.54, 1.807) is 29.2 Å². The summed E-state index contributed by atoms with van der Waals surface area (Å²) >= 11 is 0. The molecule has 2 heterocycles. The van der Waals surface area contributed by atoms with Crippen LogP contribution in [-0.2, 0) is 14.6 Å². The molecule has 1 aromatic carbocycles. The van der Waals surface area contributed by atoms with Gasteiger partial charge in [0.25, 0.3) is 11.8 Å². The second kappa shape index (κ2) is 10.7. The van der Waals surface area contributed by atoms with Crippen LogP contribution in [0.3, 0.4) is 0 Å². The average molecular weight is 465 g/mol. The Morgan fingerprint density at radius 2 is 1.75 bits per heavy atom. The van der Waals surface area contributed by atoms with Gasteiger partial charge in [0.05, 0.1) is 11.5 Å². The Morgan fingerprint density at radius 3 is 2.31 bits per heavy atom. The van der Waals surface area contributed by atoms with E-state index in [1.165, 1.54) is 0 Å². The zero-order valence-electron chi connectivity index (χ0n) is 19.5. The van der Waals surface area contributed by atoms with E-state index in [4.69, 9.17) is 4.74 Å². The third-order valence-corrected chi connectivity index (χ3v) is 8.36. The number of ether oxygens (including phenoxy) is 1. The largest absolute Gasteiger partial charge is 0.484 e. The lowest BCUT2D eigenvalue weighted by molar-refractivity contribution is -0.139. The maximum absolute atomic E-state index is 13.1. The monoisotopic (exact) mass is 464 g/mol. The molecule has 3 unspecified atom stereocenters. The fourth-order valence-corrected chi connectivity index (χ4v) is 6.52. The zero-order valence-corrected chi connectivity index (χ0v) is 20.3. The molecular formula is C24H36N2O5S. The number of nitrogens with zero attached hydrogens (tertiary/aromatic N) is 2. The Balaban J connectivity index is 1.61. The van der Waals surface area contributed by atoms with E-state index in [9.17, 15) is 18.0 Å². The molecule has 178 valence electrons. The summed E-state index contributed by atoms with van der Waals surface area (Å²) < 4.78 is 29.5. The highest BCUT2D eigenvalue weighted by molar-refractivity contribution is 7.91. The first-order valence-electron chi connectivity index (χ1n) is 11.8. The van der Waals surface area contributed by atoms with Crippen molar-refractivity contribution in [1.29, 1.82) is 0 Å². The van der Waals surface area contributed by atoms with Crippen molar-refractivity contribution in [1.82, 2.24) is 9.80 Å². The molecule has 0 spiro atoms. The fourth-order valence-electron chi connectivity index (χ4n) is 4.79. The van der Waals surface area contributed by atoms with Crippen molar-refractivity contribution in [3.05, 3.63) is 29.8 Å². The van der Waals surface area contributed by atoms with Crippen LogP contribution in [0.1, 0.15) is 69.7 Å². The van der Waals surface area contributed by atoms with Gasteiger partial charge in [-0.15, -0.1) is 0 Å². The van der Waals surface area contributed by atoms with E-state index in [-0.39, 0.29) is 48.1 Å². The quantitative estimate of drug-likeness (QED) is 0.590. The number of hydrogen-bond acceptors (Lipinski definition) is 5. The van der Waals surface area contributed by atoms with Gasteiger partial charge in [0.2, 0.25) is 0 Å². The van der Waals surface area contributed by atoms with Crippen molar-refractivity contribution >= 4 is 21.7 Å². The molecule has 0 radical (unpaired) electrons. The van der Waals surface area contributed by atoms with Gasteiger partial charge in [-0.2, -0.15) is 0 Å². The summed E-state index contributed by atoms with van der Waals surface area (Å²) in [5.74, 6) is 0.551. The molecular weight excluding hydrogens is 428 g/mol. The van der Waals surface area contributed by atoms with E-state index in [0.29, 0.717) is 24.3 Å². The van der Waals surface area contributed by atoms with E-state index in [2.05, 4.69) is 13.8 Å². The normalized spacial score (nSPS) is 24.8. The molecule has 0 aromatic heterocycles. The molecule has 0 N–H and O–H groups in total. The standard InChI is InChI=1S/C24H36N2O5S/c1-4-5-14-25(21-13-15-32(29,30)17-21)24(28)20-9-11-22(12-10-20)31-16-23(27)26-18(2)7-6-8-19(26)3/h9-12,18-19,21H,4-8,13-17H2,1-3H3. The first-order valence-corrected chi connectivity index (χ1v) is 13.6. The van der Waals surface area contributed by atoms with Gasteiger partial charge in [0, 0.05) is 30.2 Å². The lowest BCUT2D eigenvalue weighted by Gasteiger charge is -2.38. The third kappa shape index (κ3) is 6.03. The molecule has 3 atom stereocenters. The highest BCUT2D eigenvalue weighted by Gasteiger charge is 2.34. The van der Waals surface area contributed by atoms with Gasteiger partial charge in [0.15, 0.2) is 16.4 Å². The predicted octanol–water partition coefficient (Wildman–Crippen LogP) is 3.28. The molecule has 0 bridgehead atoms. The molecule has 0 saturated carbocycles. The number of likely N-dealkylation sites (tertiary alicyclic amines) is 1. The van der Waals surface area contributed by atoms with Gasteiger partial charge in [0.1, 0.15) is 5.75 Å². The molecule has 2 aliphatic rings. The number of benzene rings is 1. The number of unbranched alkanes of at least 4 members (excludes halogenated alkanes) is 1. The van der Waals surface area contributed by atoms with E-state index in [0.717, 1.165) is 32.1 Å². The van der Waals surface area contributed by atoms with Crippen molar-refractivity contribution in [2.24, 2.45) is 0 Å². The van der Waals surface area contributed by atoms with Gasteiger partial charge >= 0.3 is 0 Å². The van der Waals surface area contributed by atoms with Crippen LogP contribution in [0.25, 0.3) is 0 Å². The van der Waals surface area contributed by atoms with Crippen LogP contribution in [0.5, 0.6) is 5.75 Å². The minimum Gasteiger partial charge on any atom is -0.484 e. The summed E-state index contributed by atoms with van der Waals surface area (Å²) in [6, 6.07) is 6.97. The Hall–Kier alpha value is -2.09. The molecule has 2 aliphatic heterocycles. The number of sulfone groups is 1. The number of carbonyl (C=O) groups is 2. The SMILES string of the molecule is CCCCN(C(=O)c1ccc(OCC(=O)N2C(C)CCCC2C)cc1)C1CCS(=O)(=O)C1. The first kappa shape index (κ1) is 24.6. The summed E-state index contributed by atoms with van der Waals surface area (Å²) in [5, 5.41) is 0. The van der Waals surface area contributed by atoms with Gasteiger partial charge in [-0.25, -0.2) is 8.42 Å². The van der Waals surface area contributed by atoms with Crippen molar-refractivity contribution in [3.8, 4) is 5.75 Å². The highest BCUT2D eigenvalue weighted by Crippen LogP contribution is 2.24. The number of piperidine rings is 1. The van der Waals surface area contributed by atoms with Crippen LogP contribution >= 0.6 is 0 Å². The van der Waals surface area contributed by atoms with Crippen LogP contribution in [-0.4, -0.2) is 72.8 Å². The number of carbonyl (C=O) groups excluding carboxylic acids is 2. The second-order valence-corrected chi connectivity index (χ2v) is 11.4. The molecule has 8 heteroatoms. The average Bonchev–Trinajstić information content (AvgIpc) is 3.12. The molecule has 7 nitrogen and oxygen atoms in total. The second-order valence-electron chi connectivity index (χ2n) is 9.15. The van der Waals surface area contributed by atoms with Crippen molar-refractivity contribution in [2.45, 2.75) is 77.4 Å². The Kier molecular flexibility index (Phi) is 8.20. The van der Waals surface area contributed by atoms with E-state index >= 15 is 0 Å². The number of rotatable bonds is 8. The van der Waals surface area contributed by atoms with Crippen LogP contribution in [0, 0.1) is 0 Å². The minimum atomic E-state index is -3.07. The maximum atomic E-state index is 13.1. The molecule has 1 aromatic rings. The Labute approximate surface area is 192 Å². The number of amides is 2. The lowest BCUT2D eigenvalue weighted by atomic mass is 9.97. The Morgan fingerprint density at radius 1 is 1.09 bits per heavy atom. The molecule has 2 fully saturated rings. The maximum Gasteiger partial charge on any atom is 0.260 e. The topological polar surface area (TPSA) is 84.0 Å². The molecule has 2 saturated heterocycles. The van der Waals surface area contributed by atoms with Crippen LogP contribution < -0.4 is 4.74 Å². The molecule has 32 heavy (non-hydrogen) atoms. The highest BCUT2D eigenvalue weighted by atomic mass is 32.2. The summed E-state index contributed by atoms with van der Waals surface area (Å²) in [6.45, 7) is 6.73. The van der Waals surface area contributed by atoms with Gasteiger partial charge in [-0.3, -0.25) is 9.59 Å². The van der Waals surface area contributed by atoms with E-state index in [1.807, 2.05) is 11.8 Å². The molecule has 2 amide bonds. The summed E-state index contributed by atoms with van der Waals surface area (Å²) in [5.41, 5.74) is 0.502. The Bertz CT molecular complexity index is 889. The van der Waals surface area contributed by atoms with Crippen LogP contribution in [0.15, 0.2) is 24.3 Å². The van der Waals surface area contributed by atoms with Crippen LogP contribution in [0.2, 0.25) is 0 Å². The zero-order chi connectivity index (χ0) is 23.3. The number of hydrogen-bond donors (Lipinski definition) is 0. The summed E-state index contributed by atoms with van der Waals surface area (Å²) in [4.78, 5) is 29.4. The lowest BCUT2D eigenvalue weighted by Crippen LogP contribution is -2.49.